The van der Waals surface area contributed by atoms with Crippen molar-refractivity contribution in [3.63, 3.8) is 0 Å². The molecule has 0 bridgehead atoms. The van der Waals surface area contributed by atoms with Crippen LogP contribution < -0.4 is 0 Å². The second-order valence-electron chi connectivity index (χ2n) is 2.96. The van der Waals surface area contributed by atoms with Crippen molar-refractivity contribution in [2.45, 2.75) is 11.2 Å². The Kier molecular flexibility index (Phi) is 1.70. The molecule has 1 aliphatic heterocycles. The van der Waals surface area contributed by atoms with E-state index >= 15 is 0 Å². The van der Waals surface area contributed by atoms with Crippen LogP contribution in [-0.4, -0.2) is 15.3 Å². The van der Waals surface area contributed by atoms with Crippen LogP contribution in [-0.2, 0) is 0 Å². The molecule has 66 valence electrons. The molecular weight excluding hydrogens is 200 g/mol. The Morgan fingerprint density at radius 1 is 1.54 bits per heavy atom. The molecule has 2 nitrogen and oxygen atoms in total. The van der Waals surface area contributed by atoms with E-state index in [-0.39, 0.29) is 0 Å². The van der Waals surface area contributed by atoms with E-state index in [2.05, 4.69) is 33.3 Å². The summed E-state index contributed by atoms with van der Waals surface area (Å²) in [6.45, 7) is 0. The fourth-order valence-corrected chi connectivity index (χ4v) is 3.63. The van der Waals surface area contributed by atoms with Gasteiger partial charge in [0, 0.05) is 23.0 Å². The minimum atomic E-state index is 0.516. The van der Waals surface area contributed by atoms with Gasteiger partial charge in [-0.15, -0.1) is 11.3 Å². The Morgan fingerprint density at radius 3 is 3.38 bits per heavy atom. The molecule has 3 heterocycles. The van der Waals surface area contributed by atoms with Crippen LogP contribution in [0.4, 0.5) is 0 Å². The van der Waals surface area contributed by atoms with Crippen LogP contribution in [0.1, 0.15) is 10.9 Å². The topological polar surface area (TPSA) is 17.8 Å². The Labute approximate surface area is 84.6 Å². The third-order valence-corrected chi connectivity index (χ3v) is 4.24. The summed E-state index contributed by atoms with van der Waals surface area (Å²) in [5.74, 6) is 1.13. The van der Waals surface area contributed by atoms with Gasteiger partial charge in [0.25, 0.3) is 0 Å². The monoisotopic (exact) mass is 208 g/mol. The van der Waals surface area contributed by atoms with Gasteiger partial charge in [-0.1, -0.05) is 17.8 Å². The lowest BCUT2D eigenvalue weighted by atomic mass is 10.3. The van der Waals surface area contributed by atoms with E-state index < -0.39 is 0 Å². The van der Waals surface area contributed by atoms with Gasteiger partial charge in [0.1, 0.15) is 0 Å². The van der Waals surface area contributed by atoms with Crippen LogP contribution in [0.3, 0.4) is 0 Å². The number of fused-ring (bicyclic) bond motifs is 1. The van der Waals surface area contributed by atoms with Gasteiger partial charge in [0.05, 0.1) is 6.04 Å². The van der Waals surface area contributed by atoms with Crippen LogP contribution in [0.25, 0.3) is 0 Å². The number of thiophene rings is 1. The first-order valence-corrected chi connectivity index (χ1v) is 6.01. The van der Waals surface area contributed by atoms with Crippen molar-refractivity contribution in [1.29, 1.82) is 0 Å². The molecule has 1 atom stereocenters. The number of rotatable bonds is 1. The molecule has 0 aliphatic carbocycles. The lowest BCUT2D eigenvalue weighted by Gasteiger charge is -2.08. The fourth-order valence-electron chi connectivity index (χ4n) is 1.58. The number of hydrogen-bond acceptors (Lipinski definition) is 3. The molecule has 4 heteroatoms. The Bertz CT molecular complexity index is 405. The van der Waals surface area contributed by atoms with Crippen LogP contribution in [0.15, 0.2) is 35.1 Å². The molecule has 2 aromatic heterocycles. The minimum absolute atomic E-state index is 0.516. The van der Waals surface area contributed by atoms with Crippen molar-refractivity contribution in [2.24, 2.45) is 0 Å². The summed E-state index contributed by atoms with van der Waals surface area (Å²) in [6, 6.07) is 4.83. The van der Waals surface area contributed by atoms with Gasteiger partial charge in [-0.3, -0.25) is 0 Å². The molecule has 0 saturated carbocycles. The highest BCUT2D eigenvalue weighted by Gasteiger charge is 2.24. The second kappa shape index (κ2) is 2.89. The smallest absolute Gasteiger partial charge is 0.168 e. The normalized spacial score (nSPS) is 20.5. The van der Waals surface area contributed by atoms with Crippen LogP contribution in [0.5, 0.6) is 0 Å². The number of imidazole rings is 1. The molecule has 0 spiro atoms. The maximum atomic E-state index is 4.29. The quantitative estimate of drug-likeness (QED) is 0.717. The van der Waals surface area contributed by atoms with Gasteiger partial charge >= 0.3 is 0 Å². The highest BCUT2D eigenvalue weighted by atomic mass is 32.2. The van der Waals surface area contributed by atoms with Crippen LogP contribution in [0.2, 0.25) is 0 Å². The second-order valence-corrected chi connectivity index (χ2v) is 4.93. The Morgan fingerprint density at radius 2 is 2.54 bits per heavy atom. The third-order valence-electron chi connectivity index (χ3n) is 2.21. The molecule has 0 aromatic carbocycles. The fraction of sp³-hybridized carbons (Fsp3) is 0.222. The first-order valence-electron chi connectivity index (χ1n) is 4.14. The van der Waals surface area contributed by atoms with E-state index in [0.29, 0.717) is 6.04 Å². The summed E-state index contributed by atoms with van der Waals surface area (Å²) in [4.78, 5) is 5.72. The first kappa shape index (κ1) is 7.64. The van der Waals surface area contributed by atoms with E-state index in [9.17, 15) is 0 Å². The average Bonchev–Trinajstić information content (AvgIpc) is 2.79. The summed E-state index contributed by atoms with van der Waals surface area (Å²) < 4.78 is 2.26. The van der Waals surface area contributed by atoms with Crippen molar-refractivity contribution < 1.29 is 0 Å². The third kappa shape index (κ3) is 1.13. The maximum absolute atomic E-state index is 4.29. The van der Waals surface area contributed by atoms with Crippen molar-refractivity contribution in [1.82, 2.24) is 9.55 Å². The number of aromatic nitrogens is 2. The Hall–Kier alpha value is -0.740. The van der Waals surface area contributed by atoms with Gasteiger partial charge in [-0.25, -0.2) is 4.98 Å². The molecule has 0 N–H and O–H groups in total. The zero-order valence-electron chi connectivity index (χ0n) is 6.88. The number of thioether (sulfide) groups is 1. The largest absolute Gasteiger partial charge is 0.317 e. The molecule has 0 radical (unpaired) electrons. The van der Waals surface area contributed by atoms with Crippen LogP contribution >= 0.6 is 23.1 Å². The predicted molar refractivity (Wildman–Crippen MR) is 55.4 cm³/mol. The molecule has 13 heavy (non-hydrogen) atoms. The van der Waals surface area contributed by atoms with Gasteiger partial charge < -0.3 is 4.57 Å². The van der Waals surface area contributed by atoms with Crippen molar-refractivity contribution in [3.05, 3.63) is 34.8 Å². The van der Waals surface area contributed by atoms with E-state index in [1.54, 1.807) is 0 Å². The van der Waals surface area contributed by atoms with Gasteiger partial charge in [0.15, 0.2) is 5.16 Å². The molecule has 1 aliphatic rings. The molecule has 1 unspecified atom stereocenters. The molecule has 0 saturated heterocycles. The lowest BCUT2D eigenvalue weighted by Crippen LogP contribution is -2.04. The highest BCUT2D eigenvalue weighted by Crippen LogP contribution is 2.37. The van der Waals surface area contributed by atoms with E-state index in [4.69, 9.17) is 0 Å². The molecule has 0 fully saturated rings. The predicted octanol–water partition coefficient (Wildman–Crippen LogP) is 2.64. The maximum Gasteiger partial charge on any atom is 0.168 e. The summed E-state index contributed by atoms with van der Waals surface area (Å²) in [5, 5.41) is 3.29. The van der Waals surface area contributed by atoms with Crippen LogP contribution in [0, 0.1) is 0 Å². The van der Waals surface area contributed by atoms with Gasteiger partial charge in [-0.2, -0.15) is 0 Å². The van der Waals surface area contributed by atoms with Crippen molar-refractivity contribution >= 4 is 23.1 Å². The SMILES string of the molecule is c1csc(C2CSc3nccn32)c1. The molecule has 3 rings (SSSR count). The average molecular weight is 208 g/mol. The first-order chi connectivity index (χ1) is 6.45. The summed E-state index contributed by atoms with van der Waals surface area (Å²) in [7, 11) is 0. The molecular formula is C9H8N2S2. The zero-order valence-corrected chi connectivity index (χ0v) is 8.52. The lowest BCUT2D eigenvalue weighted by molar-refractivity contribution is 0.627. The summed E-state index contributed by atoms with van der Waals surface area (Å²) in [5.41, 5.74) is 0. The number of hydrogen-bond donors (Lipinski definition) is 0. The van der Waals surface area contributed by atoms with E-state index in [1.807, 2.05) is 29.3 Å². The minimum Gasteiger partial charge on any atom is -0.317 e. The summed E-state index contributed by atoms with van der Waals surface area (Å²) >= 11 is 3.66. The van der Waals surface area contributed by atoms with Crippen molar-refractivity contribution in [2.75, 3.05) is 5.75 Å². The van der Waals surface area contributed by atoms with E-state index in [0.717, 1.165) is 10.9 Å². The Balaban J connectivity index is 2.05. The molecule has 2 aromatic rings. The van der Waals surface area contributed by atoms with Crippen molar-refractivity contribution in [3.8, 4) is 0 Å². The van der Waals surface area contributed by atoms with E-state index in [1.165, 1.54) is 4.88 Å². The van der Waals surface area contributed by atoms with Gasteiger partial charge in [0.2, 0.25) is 0 Å². The summed E-state index contributed by atoms with van der Waals surface area (Å²) in [6.07, 6.45) is 3.95. The number of nitrogens with zero attached hydrogens (tertiary/aromatic N) is 2. The zero-order chi connectivity index (χ0) is 8.67. The van der Waals surface area contributed by atoms with Gasteiger partial charge in [-0.05, 0) is 11.4 Å². The highest BCUT2D eigenvalue weighted by molar-refractivity contribution is 7.99. The standard InChI is InChI=1S/C9H8N2S2/c1-2-8(12-5-1)7-6-13-9-10-3-4-11(7)9/h1-5,7H,6H2. The molecule has 0 amide bonds.